The lowest BCUT2D eigenvalue weighted by Crippen LogP contribution is -2.17. The molecule has 2 aromatic rings. The third kappa shape index (κ3) is 3.44. The number of nitrogens with one attached hydrogen (secondary N) is 1. The SMILES string of the molecule is CCCn1cc(Br)cc1C(=O)Nc1cc(C)ccn1. The van der Waals surface area contributed by atoms with Gasteiger partial charge in [0, 0.05) is 23.4 Å². The van der Waals surface area contributed by atoms with Gasteiger partial charge in [0.1, 0.15) is 11.5 Å². The monoisotopic (exact) mass is 321 g/mol. The van der Waals surface area contributed by atoms with Crippen molar-refractivity contribution < 1.29 is 4.79 Å². The predicted octanol–water partition coefficient (Wildman–Crippen LogP) is 3.62. The van der Waals surface area contributed by atoms with E-state index < -0.39 is 0 Å². The van der Waals surface area contributed by atoms with Crippen molar-refractivity contribution in [2.45, 2.75) is 26.8 Å². The maximum Gasteiger partial charge on any atom is 0.273 e. The van der Waals surface area contributed by atoms with Crippen LogP contribution in [0.3, 0.4) is 0 Å². The minimum atomic E-state index is -0.141. The van der Waals surface area contributed by atoms with Crippen molar-refractivity contribution in [3.05, 3.63) is 46.3 Å². The average Bonchev–Trinajstić information content (AvgIpc) is 2.71. The van der Waals surface area contributed by atoms with Gasteiger partial charge >= 0.3 is 0 Å². The average molecular weight is 322 g/mol. The van der Waals surface area contributed by atoms with Crippen molar-refractivity contribution in [3.63, 3.8) is 0 Å². The van der Waals surface area contributed by atoms with E-state index in [4.69, 9.17) is 0 Å². The first kappa shape index (κ1) is 13.8. The molecular formula is C14H16BrN3O. The van der Waals surface area contributed by atoms with Crippen molar-refractivity contribution in [1.29, 1.82) is 0 Å². The van der Waals surface area contributed by atoms with Gasteiger partial charge in [-0.2, -0.15) is 0 Å². The number of carbonyl (C=O) groups excluding carboxylic acids is 1. The van der Waals surface area contributed by atoms with Gasteiger partial charge in [0.2, 0.25) is 0 Å². The van der Waals surface area contributed by atoms with Gasteiger partial charge in [0.25, 0.3) is 5.91 Å². The van der Waals surface area contributed by atoms with Crippen LogP contribution in [-0.4, -0.2) is 15.5 Å². The van der Waals surface area contributed by atoms with Crippen molar-refractivity contribution in [2.24, 2.45) is 0 Å². The molecule has 0 spiro atoms. The van der Waals surface area contributed by atoms with Crippen LogP contribution >= 0.6 is 15.9 Å². The molecule has 19 heavy (non-hydrogen) atoms. The second-order valence-corrected chi connectivity index (χ2v) is 5.33. The molecule has 0 saturated heterocycles. The van der Waals surface area contributed by atoms with E-state index in [0.29, 0.717) is 11.5 Å². The topological polar surface area (TPSA) is 46.9 Å². The Balaban J connectivity index is 2.20. The standard InChI is InChI=1S/C14H16BrN3O/c1-3-6-18-9-11(15)8-12(18)14(19)17-13-7-10(2)4-5-16-13/h4-5,7-9H,3,6H2,1-2H3,(H,16,17,19). The van der Waals surface area contributed by atoms with Crippen molar-refractivity contribution in [2.75, 3.05) is 5.32 Å². The van der Waals surface area contributed by atoms with Gasteiger partial charge in [-0.15, -0.1) is 0 Å². The fraction of sp³-hybridized carbons (Fsp3) is 0.286. The van der Waals surface area contributed by atoms with E-state index >= 15 is 0 Å². The van der Waals surface area contributed by atoms with Crippen molar-refractivity contribution >= 4 is 27.7 Å². The van der Waals surface area contributed by atoms with E-state index in [1.807, 2.05) is 35.9 Å². The Labute approximate surface area is 121 Å². The molecule has 2 rings (SSSR count). The number of amides is 1. The number of halogens is 1. The Morgan fingerprint density at radius 2 is 2.26 bits per heavy atom. The molecule has 1 N–H and O–H groups in total. The summed E-state index contributed by atoms with van der Waals surface area (Å²) in [5.41, 5.74) is 1.70. The van der Waals surface area contributed by atoms with Gasteiger partial charge in [-0.3, -0.25) is 4.79 Å². The number of carbonyl (C=O) groups is 1. The molecule has 0 aromatic carbocycles. The molecule has 4 nitrogen and oxygen atoms in total. The van der Waals surface area contributed by atoms with E-state index in [1.165, 1.54) is 0 Å². The normalized spacial score (nSPS) is 10.5. The van der Waals surface area contributed by atoms with Crippen LogP contribution in [0.5, 0.6) is 0 Å². The van der Waals surface area contributed by atoms with Crippen molar-refractivity contribution in [1.82, 2.24) is 9.55 Å². The van der Waals surface area contributed by atoms with Gasteiger partial charge < -0.3 is 9.88 Å². The van der Waals surface area contributed by atoms with Crippen LogP contribution in [0.15, 0.2) is 35.1 Å². The van der Waals surface area contributed by atoms with E-state index in [9.17, 15) is 4.79 Å². The molecule has 100 valence electrons. The van der Waals surface area contributed by atoms with E-state index in [2.05, 4.69) is 33.2 Å². The molecule has 2 heterocycles. The summed E-state index contributed by atoms with van der Waals surface area (Å²) >= 11 is 3.40. The summed E-state index contributed by atoms with van der Waals surface area (Å²) in [4.78, 5) is 16.4. The number of aromatic nitrogens is 2. The predicted molar refractivity (Wildman–Crippen MR) is 79.4 cm³/mol. The van der Waals surface area contributed by atoms with Crippen LogP contribution in [0.1, 0.15) is 29.4 Å². The molecule has 0 bridgehead atoms. The van der Waals surface area contributed by atoms with E-state index in [-0.39, 0.29) is 5.91 Å². The summed E-state index contributed by atoms with van der Waals surface area (Å²) in [6, 6.07) is 5.56. The molecule has 0 aliphatic heterocycles. The third-order valence-electron chi connectivity index (χ3n) is 2.72. The minimum Gasteiger partial charge on any atom is -0.342 e. The first-order valence-electron chi connectivity index (χ1n) is 6.20. The molecule has 0 radical (unpaired) electrons. The molecule has 0 unspecified atom stereocenters. The van der Waals surface area contributed by atoms with Crippen LogP contribution in [0.25, 0.3) is 0 Å². The third-order valence-corrected chi connectivity index (χ3v) is 3.15. The minimum absolute atomic E-state index is 0.141. The molecular weight excluding hydrogens is 306 g/mol. The summed E-state index contributed by atoms with van der Waals surface area (Å²) in [7, 11) is 0. The molecule has 0 aliphatic rings. The highest BCUT2D eigenvalue weighted by molar-refractivity contribution is 9.10. The zero-order valence-corrected chi connectivity index (χ0v) is 12.6. The number of pyridine rings is 1. The lowest BCUT2D eigenvalue weighted by molar-refractivity contribution is 0.101. The first-order valence-corrected chi connectivity index (χ1v) is 6.99. The Morgan fingerprint density at radius 3 is 2.95 bits per heavy atom. The highest BCUT2D eigenvalue weighted by atomic mass is 79.9. The first-order chi connectivity index (χ1) is 9.10. The summed E-state index contributed by atoms with van der Waals surface area (Å²) in [6.45, 7) is 4.86. The van der Waals surface area contributed by atoms with Gasteiger partial charge in [-0.1, -0.05) is 6.92 Å². The number of anilines is 1. The summed E-state index contributed by atoms with van der Waals surface area (Å²) < 4.78 is 2.85. The quantitative estimate of drug-likeness (QED) is 0.934. The Kier molecular flexibility index (Phi) is 4.37. The summed E-state index contributed by atoms with van der Waals surface area (Å²) in [5.74, 6) is 0.433. The van der Waals surface area contributed by atoms with Gasteiger partial charge in [0.05, 0.1) is 0 Å². The highest BCUT2D eigenvalue weighted by Crippen LogP contribution is 2.17. The maximum absolute atomic E-state index is 12.2. The van der Waals surface area contributed by atoms with Crippen molar-refractivity contribution in [3.8, 4) is 0 Å². The fourth-order valence-electron chi connectivity index (χ4n) is 1.88. The van der Waals surface area contributed by atoms with E-state index in [0.717, 1.165) is 23.0 Å². The van der Waals surface area contributed by atoms with Crippen LogP contribution < -0.4 is 5.32 Å². The lowest BCUT2D eigenvalue weighted by Gasteiger charge is -2.08. The largest absolute Gasteiger partial charge is 0.342 e. The molecule has 0 aliphatic carbocycles. The smallest absolute Gasteiger partial charge is 0.273 e. The Bertz CT molecular complexity index is 592. The number of hydrogen-bond acceptors (Lipinski definition) is 2. The second-order valence-electron chi connectivity index (χ2n) is 4.41. The number of aryl methyl sites for hydroxylation is 2. The number of rotatable bonds is 4. The lowest BCUT2D eigenvalue weighted by atomic mass is 10.3. The molecule has 5 heteroatoms. The molecule has 0 saturated carbocycles. The van der Waals surface area contributed by atoms with Crippen LogP contribution in [0.2, 0.25) is 0 Å². The maximum atomic E-state index is 12.2. The number of nitrogens with zero attached hydrogens (tertiary/aromatic N) is 2. The van der Waals surface area contributed by atoms with Gasteiger partial charge in [-0.05, 0) is 53.0 Å². The molecule has 0 atom stereocenters. The summed E-state index contributed by atoms with van der Waals surface area (Å²) in [5, 5.41) is 2.82. The van der Waals surface area contributed by atoms with Crippen LogP contribution in [0.4, 0.5) is 5.82 Å². The molecule has 2 aromatic heterocycles. The van der Waals surface area contributed by atoms with Crippen LogP contribution in [0, 0.1) is 6.92 Å². The second kappa shape index (κ2) is 6.02. The highest BCUT2D eigenvalue weighted by Gasteiger charge is 2.13. The Hall–Kier alpha value is -1.62. The van der Waals surface area contributed by atoms with Crippen LogP contribution in [-0.2, 0) is 6.54 Å². The van der Waals surface area contributed by atoms with Gasteiger partial charge in [0.15, 0.2) is 0 Å². The fourth-order valence-corrected chi connectivity index (χ4v) is 2.34. The summed E-state index contributed by atoms with van der Waals surface area (Å²) in [6.07, 6.45) is 4.58. The zero-order valence-electron chi connectivity index (χ0n) is 11.0. The van der Waals surface area contributed by atoms with Gasteiger partial charge in [-0.25, -0.2) is 4.98 Å². The number of hydrogen-bond donors (Lipinski definition) is 1. The Morgan fingerprint density at radius 1 is 1.47 bits per heavy atom. The van der Waals surface area contributed by atoms with E-state index in [1.54, 1.807) is 6.20 Å². The molecule has 1 amide bonds. The zero-order chi connectivity index (χ0) is 13.8. The molecule has 0 fully saturated rings.